The molecule has 2 heterocycles. The number of nitrogens with zero attached hydrogens (tertiary/aromatic N) is 3. The van der Waals surface area contributed by atoms with E-state index in [-0.39, 0.29) is 0 Å². The maximum absolute atomic E-state index is 12.5. The quantitative estimate of drug-likeness (QED) is 0.586. The average molecular weight is 365 g/mol. The molecule has 1 saturated heterocycles. The zero-order valence-corrected chi connectivity index (χ0v) is 14.3. The lowest BCUT2D eigenvalue weighted by Crippen LogP contribution is -2.44. The summed E-state index contributed by atoms with van der Waals surface area (Å²) >= 11 is 1.02. The first-order chi connectivity index (χ1) is 11.5. The number of guanidine groups is 1. The van der Waals surface area contributed by atoms with E-state index in [1.807, 2.05) is 0 Å². The minimum Gasteiger partial charge on any atom is -0.379 e. The van der Waals surface area contributed by atoms with Crippen molar-refractivity contribution in [3.05, 3.63) is 16.1 Å². The number of ether oxygens (including phenoxy) is 1. The number of rotatable bonds is 6. The van der Waals surface area contributed by atoms with E-state index in [1.165, 1.54) is 0 Å². The van der Waals surface area contributed by atoms with Gasteiger partial charge in [0.15, 0.2) is 11.7 Å². The molecule has 1 fully saturated rings. The van der Waals surface area contributed by atoms with Gasteiger partial charge in [-0.1, -0.05) is 0 Å². The van der Waals surface area contributed by atoms with E-state index < -0.39 is 11.9 Å². The first kappa shape index (κ1) is 18.9. The summed E-state index contributed by atoms with van der Waals surface area (Å²) in [5.74, 6) is 0.635. The van der Waals surface area contributed by atoms with E-state index in [0.29, 0.717) is 23.9 Å². The molecule has 6 nitrogen and oxygen atoms in total. The first-order valence-corrected chi connectivity index (χ1v) is 8.63. The molecule has 24 heavy (non-hydrogen) atoms. The lowest BCUT2D eigenvalue weighted by molar-refractivity contribution is -0.140. The Morgan fingerprint density at radius 2 is 2.04 bits per heavy atom. The molecule has 10 heteroatoms. The summed E-state index contributed by atoms with van der Waals surface area (Å²) in [5.41, 5.74) is -0.824. The Morgan fingerprint density at radius 3 is 2.67 bits per heavy atom. The Hall–Kier alpha value is -1.39. The van der Waals surface area contributed by atoms with Gasteiger partial charge in [-0.3, -0.25) is 9.89 Å². The van der Waals surface area contributed by atoms with Crippen LogP contribution in [0.3, 0.4) is 0 Å². The van der Waals surface area contributed by atoms with Crippen molar-refractivity contribution in [3.8, 4) is 0 Å². The maximum Gasteiger partial charge on any atom is 0.434 e. The van der Waals surface area contributed by atoms with Gasteiger partial charge in [0.1, 0.15) is 0 Å². The van der Waals surface area contributed by atoms with Crippen LogP contribution in [0.2, 0.25) is 0 Å². The smallest absolute Gasteiger partial charge is 0.379 e. The number of thiazole rings is 1. The third-order valence-electron chi connectivity index (χ3n) is 3.52. The van der Waals surface area contributed by atoms with Crippen LogP contribution >= 0.6 is 11.3 Å². The molecule has 0 atom stereocenters. The second-order valence-corrected chi connectivity index (χ2v) is 6.20. The minimum absolute atomic E-state index is 0.422. The van der Waals surface area contributed by atoms with Gasteiger partial charge < -0.3 is 15.4 Å². The lowest BCUT2D eigenvalue weighted by Gasteiger charge is -2.26. The highest BCUT2D eigenvalue weighted by molar-refractivity contribution is 7.09. The van der Waals surface area contributed by atoms with Gasteiger partial charge in [-0.25, -0.2) is 4.98 Å². The molecule has 0 aliphatic carbocycles. The number of aromatic nitrogens is 1. The highest BCUT2D eigenvalue weighted by Crippen LogP contribution is 2.29. The van der Waals surface area contributed by atoms with E-state index in [4.69, 9.17) is 4.74 Å². The normalized spacial score (nSPS) is 17.1. The fourth-order valence-corrected chi connectivity index (χ4v) is 3.03. The van der Waals surface area contributed by atoms with Gasteiger partial charge in [-0.2, -0.15) is 13.2 Å². The largest absolute Gasteiger partial charge is 0.434 e. The van der Waals surface area contributed by atoms with Crippen LogP contribution in [0.1, 0.15) is 10.7 Å². The highest BCUT2D eigenvalue weighted by Gasteiger charge is 2.33. The fraction of sp³-hybridized carbons (Fsp3) is 0.714. The molecule has 1 aromatic rings. The summed E-state index contributed by atoms with van der Waals surface area (Å²) in [4.78, 5) is 10.0. The molecule has 1 aliphatic heterocycles. The molecule has 0 bridgehead atoms. The van der Waals surface area contributed by atoms with Crippen molar-refractivity contribution in [2.24, 2.45) is 4.99 Å². The zero-order chi connectivity index (χ0) is 17.4. The van der Waals surface area contributed by atoms with E-state index in [0.717, 1.165) is 56.1 Å². The summed E-state index contributed by atoms with van der Waals surface area (Å²) < 4.78 is 42.8. The average Bonchev–Trinajstić information content (AvgIpc) is 3.03. The third kappa shape index (κ3) is 6.25. The Kier molecular flexibility index (Phi) is 7.25. The number of hydrogen-bond acceptors (Lipinski definition) is 5. The predicted molar refractivity (Wildman–Crippen MR) is 87.4 cm³/mol. The van der Waals surface area contributed by atoms with Gasteiger partial charge in [0.2, 0.25) is 0 Å². The number of hydrogen-bond donors (Lipinski definition) is 2. The maximum atomic E-state index is 12.5. The second-order valence-electron chi connectivity index (χ2n) is 5.25. The van der Waals surface area contributed by atoms with Gasteiger partial charge in [0, 0.05) is 51.6 Å². The molecule has 1 aliphatic rings. The fourth-order valence-electron chi connectivity index (χ4n) is 2.22. The number of aliphatic imine (C=N–C) groups is 1. The van der Waals surface area contributed by atoms with Crippen LogP contribution in [0, 0.1) is 0 Å². The lowest BCUT2D eigenvalue weighted by atomic mass is 10.4. The van der Waals surface area contributed by atoms with Gasteiger partial charge in [0.05, 0.1) is 18.2 Å². The molecular formula is C14H22F3N5OS. The molecule has 0 amide bonds. The van der Waals surface area contributed by atoms with Crippen LogP contribution in [0.15, 0.2) is 10.4 Å². The Bertz CT molecular complexity index is 529. The van der Waals surface area contributed by atoms with E-state index in [9.17, 15) is 13.2 Å². The molecule has 0 spiro atoms. The van der Waals surface area contributed by atoms with E-state index >= 15 is 0 Å². The predicted octanol–water partition coefficient (Wildman–Crippen LogP) is 1.20. The Labute approximate surface area is 143 Å². The molecule has 2 N–H and O–H groups in total. The summed E-state index contributed by atoms with van der Waals surface area (Å²) in [7, 11) is 1.66. The topological polar surface area (TPSA) is 61.8 Å². The van der Waals surface area contributed by atoms with Crippen molar-refractivity contribution in [1.82, 2.24) is 20.5 Å². The molecule has 136 valence electrons. The Morgan fingerprint density at radius 1 is 1.33 bits per heavy atom. The van der Waals surface area contributed by atoms with Gasteiger partial charge in [0.25, 0.3) is 0 Å². The van der Waals surface area contributed by atoms with Gasteiger partial charge in [-0.05, 0) is 0 Å². The second kappa shape index (κ2) is 9.19. The molecule has 0 radical (unpaired) electrons. The number of nitrogens with one attached hydrogen (secondary N) is 2. The molecule has 0 saturated carbocycles. The minimum atomic E-state index is -4.38. The molecule has 1 aromatic heterocycles. The monoisotopic (exact) mass is 365 g/mol. The van der Waals surface area contributed by atoms with Gasteiger partial charge in [-0.15, -0.1) is 11.3 Å². The van der Waals surface area contributed by atoms with Crippen molar-refractivity contribution in [2.45, 2.75) is 12.6 Å². The molecule has 0 unspecified atom stereocenters. The zero-order valence-electron chi connectivity index (χ0n) is 13.5. The van der Waals surface area contributed by atoms with Crippen LogP contribution in [-0.2, 0) is 17.3 Å². The first-order valence-electron chi connectivity index (χ1n) is 7.75. The van der Waals surface area contributed by atoms with Crippen molar-refractivity contribution in [2.75, 3.05) is 53.0 Å². The van der Waals surface area contributed by atoms with Crippen molar-refractivity contribution >= 4 is 17.3 Å². The third-order valence-corrected chi connectivity index (χ3v) is 4.43. The van der Waals surface area contributed by atoms with Crippen LogP contribution in [0.5, 0.6) is 0 Å². The Balaban J connectivity index is 1.65. The van der Waals surface area contributed by atoms with Crippen LogP contribution in [-0.4, -0.2) is 68.8 Å². The van der Waals surface area contributed by atoms with Crippen LogP contribution < -0.4 is 10.6 Å². The SMILES string of the molecule is CN=C(NCCc1nc(C(F)(F)F)cs1)NCCN1CCOCC1. The number of morpholine rings is 1. The van der Waals surface area contributed by atoms with Gasteiger partial charge >= 0.3 is 6.18 Å². The number of alkyl halides is 3. The summed E-state index contributed by atoms with van der Waals surface area (Å²) in [6.07, 6.45) is -3.95. The summed E-state index contributed by atoms with van der Waals surface area (Å²) in [6.45, 7) is 5.50. The molecular weight excluding hydrogens is 343 g/mol. The summed E-state index contributed by atoms with van der Waals surface area (Å²) in [6, 6.07) is 0. The van der Waals surface area contributed by atoms with Crippen molar-refractivity contribution < 1.29 is 17.9 Å². The molecule has 2 rings (SSSR count). The van der Waals surface area contributed by atoms with Crippen molar-refractivity contribution in [3.63, 3.8) is 0 Å². The standard InChI is InChI=1S/C14H22F3N5OS/c1-18-13(20-4-5-22-6-8-23-9-7-22)19-3-2-12-21-11(10-24-12)14(15,16)17/h10H,2-9H2,1H3,(H2,18,19,20). The van der Waals surface area contributed by atoms with E-state index in [2.05, 4.69) is 25.5 Å². The van der Waals surface area contributed by atoms with E-state index in [1.54, 1.807) is 7.05 Å². The number of halogens is 3. The van der Waals surface area contributed by atoms with Crippen LogP contribution in [0.4, 0.5) is 13.2 Å². The van der Waals surface area contributed by atoms with Crippen molar-refractivity contribution in [1.29, 1.82) is 0 Å². The highest BCUT2D eigenvalue weighted by atomic mass is 32.1. The van der Waals surface area contributed by atoms with Crippen LogP contribution in [0.25, 0.3) is 0 Å². The molecule has 0 aromatic carbocycles. The summed E-state index contributed by atoms with van der Waals surface area (Å²) in [5, 5.41) is 7.78.